The van der Waals surface area contributed by atoms with E-state index in [2.05, 4.69) is 232 Å². The Hall–Kier alpha value is -7.54. The van der Waals surface area contributed by atoms with Crippen LogP contribution in [0.5, 0.6) is 0 Å². The lowest BCUT2D eigenvalue weighted by atomic mass is 9.81. The minimum absolute atomic E-state index is 0.0789. The van der Waals surface area contributed by atoms with E-state index in [0.29, 0.717) is 0 Å². The first kappa shape index (κ1) is 35.4. The van der Waals surface area contributed by atoms with E-state index in [1.807, 2.05) is 0 Å². The molecule has 0 saturated heterocycles. The van der Waals surface area contributed by atoms with Crippen LogP contribution in [0, 0.1) is 0 Å². The zero-order chi connectivity index (χ0) is 40.7. The van der Waals surface area contributed by atoms with Crippen LogP contribution in [0.4, 0.5) is 0 Å². The number of hydrogen-bond acceptors (Lipinski definition) is 0. The van der Waals surface area contributed by atoms with E-state index < -0.39 is 0 Å². The number of benzene rings is 11. The largest absolute Gasteiger partial charge is 0.0619 e. The van der Waals surface area contributed by atoms with E-state index >= 15 is 0 Å². The van der Waals surface area contributed by atoms with E-state index in [9.17, 15) is 0 Å². The molecule has 0 N–H and O–H groups in total. The lowest BCUT2D eigenvalue weighted by molar-refractivity contribution is 0.660. The lowest BCUT2D eigenvalue weighted by Gasteiger charge is -2.22. The Bertz CT molecular complexity index is 3550. The van der Waals surface area contributed by atoms with Gasteiger partial charge in [0.05, 0.1) is 0 Å². The summed E-state index contributed by atoms with van der Waals surface area (Å²) >= 11 is 0. The maximum Gasteiger partial charge on any atom is 0.0159 e. The number of rotatable bonds is 5. The fourth-order valence-electron chi connectivity index (χ4n) is 10.5. The molecule has 0 heterocycles. The summed E-state index contributed by atoms with van der Waals surface area (Å²) in [7, 11) is 0. The van der Waals surface area contributed by atoms with Crippen molar-refractivity contribution in [3.05, 3.63) is 230 Å². The molecule has 1 aliphatic carbocycles. The molecular weight excluding hydrogens is 733 g/mol. The molecule has 0 aliphatic heterocycles. The molecule has 0 amide bonds. The quantitative estimate of drug-likeness (QED) is 0.153. The molecule has 0 unspecified atom stereocenters. The predicted molar refractivity (Wildman–Crippen MR) is 261 cm³/mol. The average Bonchev–Trinajstić information content (AvgIpc) is 3.55. The summed E-state index contributed by atoms with van der Waals surface area (Å²) in [5.74, 6) is 0. The van der Waals surface area contributed by atoms with Gasteiger partial charge in [-0.3, -0.25) is 0 Å². The smallest absolute Gasteiger partial charge is 0.0159 e. The van der Waals surface area contributed by atoms with Crippen molar-refractivity contribution in [2.24, 2.45) is 0 Å². The Kier molecular flexibility index (Phi) is 7.99. The van der Waals surface area contributed by atoms with Gasteiger partial charge < -0.3 is 0 Å². The highest BCUT2D eigenvalue weighted by molar-refractivity contribution is 6.22. The topological polar surface area (TPSA) is 0 Å². The number of hydrogen-bond donors (Lipinski definition) is 0. The van der Waals surface area contributed by atoms with Gasteiger partial charge in [-0.05, 0) is 145 Å². The van der Waals surface area contributed by atoms with Gasteiger partial charge >= 0.3 is 0 Å². The van der Waals surface area contributed by atoms with Crippen LogP contribution < -0.4 is 0 Å². The summed E-state index contributed by atoms with van der Waals surface area (Å²) < 4.78 is 0. The van der Waals surface area contributed by atoms with Crippen LogP contribution in [0.1, 0.15) is 25.0 Å². The fourth-order valence-corrected chi connectivity index (χ4v) is 10.5. The van der Waals surface area contributed by atoms with Gasteiger partial charge in [-0.2, -0.15) is 0 Å². The van der Waals surface area contributed by atoms with Crippen LogP contribution in [0.15, 0.2) is 218 Å². The van der Waals surface area contributed by atoms with Crippen molar-refractivity contribution in [3.8, 4) is 66.8 Å². The van der Waals surface area contributed by atoms with Gasteiger partial charge in [0.15, 0.2) is 0 Å². The second kappa shape index (κ2) is 13.8. The minimum Gasteiger partial charge on any atom is -0.0619 e. The average molecular weight is 775 g/mol. The Balaban J connectivity index is 1.12. The molecule has 61 heavy (non-hydrogen) atoms. The van der Waals surface area contributed by atoms with Crippen molar-refractivity contribution in [3.63, 3.8) is 0 Å². The molecule has 0 spiro atoms. The summed E-state index contributed by atoms with van der Waals surface area (Å²) in [5, 5.41) is 10.0. The lowest BCUT2D eigenvalue weighted by Crippen LogP contribution is -2.14. The van der Waals surface area contributed by atoms with E-state index in [4.69, 9.17) is 0 Å². The van der Waals surface area contributed by atoms with Gasteiger partial charge in [0.25, 0.3) is 0 Å². The van der Waals surface area contributed by atoms with Crippen LogP contribution in [0.2, 0.25) is 0 Å². The third-order valence-corrected chi connectivity index (χ3v) is 13.4. The minimum atomic E-state index is -0.0789. The van der Waals surface area contributed by atoms with Crippen molar-refractivity contribution < 1.29 is 0 Å². The van der Waals surface area contributed by atoms with Crippen LogP contribution in [-0.4, -0.2) is 0 Å². The summed E-state index contributed by atoms with van der Waals surface area (Å²) in [6.45, 7) is 4.74. The zero-order valence-corrected chi connectivity index (χ0v) is 34.3. The third-order valence-electron chi connectivity index (χ3n) is 13.4. The first-order chi connectivity index (χ1) is 30.0. The summed E-state index contributed by atoms with van der Waals surface area (Å²) in [6, 6.07) is 81.4. The standard InChI is InChI=1S/C61H42/c1-61(2)57-30-10-9-25-51(57)52-33-31-42(38-58(52)61)41-32-34-55-56(37-41)60(46-22-12-20-44(36-46)50-29-14-18-40-16-4-6-24-48(40)50)54-27-8-7-26-53(54)59(55)45-21-11-19-43(35-45)49-28-13-17-39-15-3-5-23-47(39)49/h3-38H,1-2H3. The molecule has 11 aromatic carbocycles. The fraction of sp³-hybridized carbons (Fsp3) is 0.0492. The van der Waals surface area contributed by atoms with Crippen LogP contribution in [-0.2, 0) is 5.41 Å². The molecule has 0 aromatic heterocycles. The summed E-state index contributed by atoms with van der Waals surface area (Å²) in [4.78, 5) is 0. The molecule has 0 atom stereocenters. The first-order valence-electron chi connectivity index (χ1n) is 21.4. The van der Waals surface area contributed by atoms with Gasteiger partial charge in [-0.1, -0.05) is 208 Å². The monoisotopic (exact) mass is 774 g/mol. The molecule has 0 nitrogen and oxygen atoms in total. The molecule has 11 aromatic rings. The highest BCUT2D eigenvalue weighted by Gasteiger charge is 2.35. The van der Waals surface area contributed by atoms with Crippen molar-refractivity contribution in [2.45, 2.75) is 19.3 Å². The summed E-state index contributed by atoms with van der Waals surface area (Å²) in [5.41, 5.74) is 17.7. The normalized spacial score (nSPS) is 12.9. The van der Waals surface area contributed by atoms with Crippen LogP contribution in [0.3, 0.4) is 0 Å². The molecule has 0 heteroatoms. The molecule has 0 radical (unpaired) electrons. The maximum absolute atomic E-state index is 2.47. The summed E-state index contributed by atoms with van der Waals surface area (Å²) in [6.07, 6.45) is 0. The zero-order valence-electron chi connectivity index (χ0n) is 34.3. The van der Waals surface area contributed by atoms with Crippen molar-refractivity contribution in [2.75, 3.05) is 0 Å². The molecule has 0 bridgehead atoms. The second-order valence-corrected chi connectivity index (χ2v) is 17.2. The highest BCUT2D eigenvalue weighted by Crippen LogP contribution is 2.51. The molecule has 286 valence electrons. The number of fused-ring (bicyclic) bond motifs is 7. The van der Waals surface area contributed by atoms with Gasteiger partial charge in [-0.15, -0.1) is 0 Å². The Morgan fingerprint density at radius 2 is 0.672 bits per heavy atom. The molecule has 1 aliphatic rings. The third kappa shape index (κ3) is 5.60. The highest BCUT2D eigenvalue weighted by atomic mass is 14.4. The van der Waals surface area contributed by atoms with Crippen molar-refractivity contribution >= 4 is 43.1 Å². The van der Waals surface area contributed by atoms with E-state index in [1.54, 1.807) is 0 Å². The Morgan fingerprint density at radius 3 is 1.31 bits per heavy atom. The Labute approximate surface area is 357 Å². The van der Waals surface area contributed by atoms with Gasteiger partial charge in [0.2, 0.25) is 0 Å². The van der Waals surface area contributed by atoms with E-state index in [0.717, 1.165) is 0 Å². The van der Waals surface area contributed by atoms with Crippen molar-refractivity contribution in [1.82, 2.24) is 0 Å². The van der Waals surface area contributed by atoms with E-state index in [-0.39, 0.29) is 5.41 Å². The van der Waals surface area contributed by atoms with Crippen molar-refractivity contribution in [1.29, 1.82) is 0 Å². The first-order valence-corrected chi connectivity index (χ1v) is 21.4. The molecular formula is C61H42. The SMILES string of the molecule is CC1(C)c2ccccc2-c2ccc(-c3ccc4c(-c5cccc(-c6cccc7ccccc67)c5)c5ccccc5c(-c5cccc(-c6cccc7ccccc67)c5)c4c3)cc21. The van der Waals surface area contributed by atoms with Gasteiger partial charge in [-0.25, -0.2) is 0 Å². The predicted octanol–water partition coefficient (Wildman–Crippen LogP) is 16.9. The van der Waals surface area contributed by atoms with Gasteiger partial charge in [0.1, 0.15) is 0 Å². The van der Waals surface area contributed by atoms with Crippen LogP contribution >= 0.6 is 0 Å². The second-order valence-electron chi connectivity index (χ2n) is 17.2. The maximum atomic E-state index is 2.47. The molecule has 0 saturated carbocycles. The van der Waals surface area contributed by atoms with E-state index in [1.165, 1.54) is 121 Å². The molecule has 12 rings (SSSR count). The molecule has 0 fully saturated rings. The van der Waals surface area contributed by atoms with Crippen LogP contribution in [0.25, 0.3) is 110 Å². The van der Waals surface area contributed by atoms with Gasteiger partial charge in [0, 0.05) is 5.41 Å². The Morgan fingerprint density at radius 1 is 0.246 bits per heavy atom.